The summed E-state index contributed by atoms with van der Waals surface area (Å²) in [5, 5.41) is 5.19. The fraction of sp³-hybridized carbons (Fsp3) is 0.231. The van der Waals surface area contributed by atoms with E-state index in [1.54, 1.807) is 24.4 Å². The van der Waals surface area contributed by atoms with Gasteiger partial charge in [0, 0.05) is 15.6 Å². The van der Waals surface area contributed by atoms with Crippen LogP contribution >= 0.6 is 23.2 Å². The number of halogens is 2. The first-order chi connectivity index (χ1) is 15.9. The van der Waals surface area contributed by atoms with Crippen molar-refractivity contribution in [1.82, 2.24) is 5.43 Å². The normalized spacial score (nSPS) is 10.9. The van der Waals surface area contributed by atoms with Crippen LogP contribution in [0.4, 0.5) is 0 Å². The summed E-state index contributed by atoms with van der Waals surface area (Å²) >= 11 is 12.2. The Morgan fingerprint density at radius 2 is 1.76 bits per heavy atom. The van der Waals surface area contributed by atoms with Crippen molar-refractivity contribution in [3.05, 3.63) is 92.5 Å². The zero-order valence-corrected chi connectivity index (χ0v) is 20.3. The Kier molecular flexibility index (Phi) is 8.75. The molecule has 0 saturated heterocycles. The van der Waals surface area contributed by atoms with Gasteiger partial charge in [0.05, 0.1) is 19.2 Å². The number of hydrogen-bond donors (Lipinski definition) is 1. The molecule has 0 aliphatic rings. The topological polar surface area (TPSA) is 59.9 Å². The van der Waals surface area contributed by atoms with Gasteiger partial charge in [0.25, 0.3) is 0 Å². The summed E-state index contributed by atoms with van der Waals surface area (Å²) in [5.74, 6) is 0.982. The largest absolute Gasteiger partial charge is 0.490 e. The molecule has 0 atom stereocenters. The molecule has 0 aliphatic carbocycles. The van der Waals surface area contributed by atoms with Crippen LogP contribution in [-0.4, -0.2) is 18.7 Å². The quantitative estimate of drug-likeness (QED) is 0.287. The zero-order chi connectivity index (χ0) is 23.8. The van der Waals surface area contributed by atoms with Gasteiger partial charge in [0.1, 0.15) is 6.61 Å². The van der Waals surface area contributed by atoms with Crippen LogP contribution in [0.15, 0.2) is 59.7 Å². The van der Waals surface area contributed by atoms with Crippen LogP contribution in [0.2, 0.25) is 10.0 Å². The average Bonchev–Trinajstić information content (AvgIpc) is 2.76. The molecule has 1 amide bonds. The van der Waals surface area contributed by atoms with Crippen molar-refractivity contribution in [1.29, 1.82) is 0 Å². The Morgan fingerprint density at radius 3 is 2.48 bits per heavy atom. The summed E-state index contributed by atoms with van der Waals surface area (Å²) in [7, 11) is 0. The molecule has 0 saturated carbocycles. The highest BCUT2D eigenvalue weighted by Gasteiger charge is 2.09. The average molecular weight is 485 g/mol. The van der Waals surface area contributed by atoms with E-state index in [2.05, 4.69) is 16.6 Å². The number of amides is 1. The Morgan fingerprint density at radius 1 is 0.970 bits per heavy atom. The van der Waals surface area contributed by atoms with Crippen molar-refractivity contribution < 1.29 is 14.3 Å². The lowest BCUT2D eigenvalue weighted by Gasteiger charge is -2.13. The number of ether oxygens (including phenoxy) is 2. The molecule has 3 aromatic carbocycles. The van der Waals surface area contributed by atoms with Gasteiger partial charge in [0.15, 0.2) is 11.5 Å². The van der Waals surface area contributed by atoms with Crippen LogP contribution < -0.4 is 14.9 Å². The highest BCUT2D eigenvalue weighted by Crippen LogP contribution is 2.30. The predicted octanol–water partition coefficient (Wildman–Crippen LogP) is 6.28. The van der Waals surface area contributed by atoms with Gasteiger partial charge in [-0.3, -0.25) is 4.79 Å². The molecule has 7 heteroatoms. The lowest BCUT2D eigenvalue weighted by molar-refractivity contribution is -0.120. The maximum Gasteiger partial charge on any atom is 0.244 e. The molecular weight excluding hydrogens is 459 g/mol. The number of carbonyl (C=O) groups is 1. The molecule has 5 nitrogen and oxygen atoms in total. The van der Waals surface area contributed by atoms with Crippen molar-refractivity contribution >= 4 is 35.3 Å². The van der Waals surface area contributed by atoms with E-state index in [4.69, 9.17) is 32.7 Å². The molecule has 0 aromatic heterocycles. The third-order valence-electron chi connectivity index (χ3n) is 4.92. The van der Waals surface area contributed by atoms with Gasteiger partial charge in [-0.25, -0.2) is 5.43 Å². The second-order valence-corrected chi connectivity index (χ2v) is 8.41. The van der Waals surface area contributed by atoms with E-state index in [-0.39, 0.29) is 18.9 Å². The lowest BCUT2D eigenvalue weighted by Crippen LogP contribution is -2.20. The van der Waals surface area contributed by atoms with Crippen molar-refractivity contribution in [2.24, 2.45) is 5.10 Å². The van der Waals surface area contributed by atoms with Gasteiger partial charge >= 0.3 is 0 Å². The van der Waals surface area contributed by atoms with Gasteiger partial charge in [0.2, 0.25) is 5.91 Å². The first-order valence-electron chi connectivity index (χ1n) is 10.6. The molecule has 0 aliphatic heterocycles. The Hall–Kier alpha value is -3.02. The number of hydrazone groups is 1. The summed E-state index contributed by atoms with van der Waals surface area (Å²) in [6.07, 6.45) is 1.84. The van der Waals surface area contributed by atoms with E-state index >= 15 is 0 Å². The van der Waals surface area contributed by atoms with Gasteiger partial charge in [-0.2, -0.15) is 5.10 Å². The minimum atomic E-state index is -0.178. The van der Waals surface area contributed by atoms with Crippen molar-refractivity contribution in [3.8, 4) is 11.5 Å². The van der Waals surface area contributed by atoms with Crippen LogP contribution in [0.3, 0.4) is 0 Å². The number of benzene rings is 3. The van der Waals surface area contributed by atoms with Crippen molar-refractivity contribution in [2.75, 3.05) is 6.61 Å². The minimum absolute atomic E-state index is 0.178. The Balaban J connectivity index is 1.62. The molecule has 0 bridgehead atoms. The maximum atomic E-state index is 12.2. The van der Waals surface area contributed by atoms with Crippen LogP contribution in [0.5, 0.6) is 11.5 Å². The standard InChI is InChI=1S/C26H26Cl2N2O3/c1-4-32-25-12-19(6-10-24(25)33-16-21-8-9-22(27)14-23(21)28)15-29-30-26(31)13-20-7-5-17(2)11-18(20)3/h5-12,14-15H,4,13,16H2,1-3H3,(H,30,31)/b29-15+. The number of rotatable bonds is 9. The maximum absolute atomic E-state index is 12.2. The predicted molar refractivity (Wildman–Crippen MR) is 134 cm³/mol. The molecule has 0 spiro atoms. The molecular formula is C26H26Cl2N2O3. The summed E-state index contributed by atoms with van der Waals surface area (Å²) in [5.41, 5.74) is 7.40. The third-order valence-corrected chi connectivity index (χ3v) is 5.50. The van der Waals surface area contributed by atoms with Gasteiger partial charge in [-0.05, 0) is 67.8 Å². The van der Waals surface area contributed by atoms with E-state index in [9.17, 15) is 4.79 Å². The van der Waals surface area contributed by atoms with Crippen molar-refractivity contribution in [3.63, 3.8) is 0 Å². The Bertz CT molecular complexity index is 1160. The zero-order valence-electron chi connectivity index (χ0n) is 18.8. The first-order valence-corrected chi connectivity index (χ1v) is 11.3. The van der Waals surface area contributed by atoms with E-state index in [1.165, 1.54) is 5.56 Å². The molecule has 3 aromatic rings. The van der Waals surface area contributed by atoms with Crippen LogP contribution in [0, 0.1) is 13.8 Å². The number of nitrogens with one attached hydrogen (secondary N) is 1. The van der Waals surface area contributed by atoms with Crippen molar-refractivity contribution in [2.45, 2.75) is 33.8 Å². The fourth-order valence-electron chi connectivity index (χ4n) is 3.22. The molecule has 1 N–H and O–H groups in total. The second-order valence-electron chi connectivity index (χ2n) is 7.56. The van der Waals surface area contributed by atoms with E-state index in [1.807, 2.05) is 51.1 Å². The molecule has 172 valence electrons. The van der Waals surface area contributed by atoms with Gasteiger partial charge in [-0.1, -0.05) is 53.0 Å². The van der Waals surface area contributed by atoms with Gasteiger partial charge < -0.3 is 9.47 Å². The monoisotopic (exact) mass is 484 g/mol. The van der Waals surface area contributed by atoms with E-state index in [0.29, 0.717) is 28.2 Å². The van der Waals surface area contributed by atoms with Crippen LogP contribution in [-0.2, 0) is 17.8 Å². The molecule has 0 heterocycles. The summed E-state index contributed by atoms with van der Waals surface area (Å²) < 4.78 is 11.6. The highest BCUT2D eigenvalue weighted by molar-refractivity contribution is 6.35. The number of aryl methyl sites for hydroxylation is 2. The molecule has 0 radical (unpaired) electrons. The second kappa shape index (κ2) is 11.7. The van der Waals surface area contributed by atoms with Crippen LogP contribution in [0.25, 0.3) is 0 Å². The first kappa shape index (κ1) is 24.6. The molecule has 3 rings (SSSR count). The van der Waals surface area contributed by atoms with E-state index < -0.39 is 0 Å². The minimum Gasteiger partial charge on any atom is -0.490 e. The smallest absolute Gasteiger partial charge is 0.244 e. The lowest BCUT2D eigenvalue weighted by atomic mass is 10.0. The SMILES string of the molecule is CCOc1cc(/C=N/NC(=O)Cc2ccc(C)cc2C)ccc1OCc1ccc(Cl)cc1Cl. The summed E-state index contributed by atoms with van der Waals surface area (Å²) in [6, 6.07) is 16.7. The fourth-order valence-corrected chi connectivity index (χ4v) is 3.69. The van der Waals surface area contributed by atoms with Gasteiger partial charge in [-0.15, -0.1) is 0 Å². The van der Waals surface area contributed by atoms with Crippen LogP contribution in [0.1, 0.15) is 34.7 Å². The number of carbonyl (C=O) groups excluding carboxylic acids is 1. The van der Waals surface area contributed by atoms with E-state index in [0.717, 1.165) is 22.3 Å². The number of nitrogens with zero attached hydrogens (tertiary/aromatic N) is 1. The summed E-state index contributed by atoms with van der Waals surface area (Å²) in [6.45, 7) is 6.68. The highest BCUT2D eigenvalue weighted by atomic mass is 35.5. The molecule has 33 heavy (non-hydrogen) atoms. The Labute approximate surface area is 204 Å². The summed E-state index contributed by atoms with van der Waals surface area (Å²) in [4.78, 5) is 12.2. The molecule has 0 unspecified atom stereocenters. The third kappa shape index (κ3) is 7.24. The number of hydrogen-bond acceptors (Lipinski definition) is 4. The molecule has 0 fully saturated rings.